The average molecular weight is 326 g/mol. The zero-order chi connectivity index (χ0) is 17.2. The van der Waals surface area contributed by atoms with E-state index < -0.39 is 6.10 Å². The number of amides is 1. The van der Waals surface area contributed by atoms with Gasteiger partial charge in [0.2, 0.25) is 5.91 Å². The van der Waals surface area contributed by atoms with Crippen molar-refractivity contribution in [3.8, 4) is 5.75 Å². The lowest BCUT2D eigenvalue weighted by Gasteiger charge is -2.23. The lowest BCUT2D eigenvalue weighted by molar-refractivity contribution is -0.114. The topological polar surface area (TPSA) is 102 Å². The molecule has 130 valence electrons. The Morgan fingerprint density at radius 3 is 2.35 bits per heavy atom. The first-order valence-electron chi connectivity index (χ1n) is 7.53. The Morgan fingerprint density at radius 2 is 1.83 bits per heavy atom. The number of hydrogen-bond acceptors (Lipinski definition) is 6. The summed E-state index contributed by atoms with van der Waals surface area (Å²) in [6.45, 7) is 2.26. The lowest BCUT2D eigenvalue weighted by atomic mass is 10.1. The highest BCUT2D eigenvalue weighted by molar-refractivity contribution is 5.88. The van der Waals surface area contributed by atoms with E-state index in [-0.39, 0.29) is 31.6 Å². The van der Waals surface area contributed by atoms with Gasteiger partial charge in [-0.2, -0.15) is 0 Å². The van der Waals surface area contributed by atoms with Gasteiger partial charge in [-0.05, 0) is 31.3 Å². The maximum Gasteiger partial charge on any atom is 0.221 e. The number of likely N-dealkylation sites (N-methyl/N-ethyl adjacent to an activating group) is 1. The van der Waals surface area contributed by atoms with Crippen molar-refractivity contribution in [3.05, 3.63) is 24.3 Å². The molecule has 0 spiro atoms. The molecule has 0 aliphatic carbocycles. The van der Waals surface area contributed by atoms with Crippen molar-refractivity contribution in [1.29, 1.82) is 0 Å². The molecule has 23 heavy (non-hydrogen) atoms. The first-order valence-corrected chi connectivity index (χ1v) is 7.53. The second kappa shape index (κ2) is 10.2. The van der Waals surface area contributed by atoms with Crippen LogP contribution in [0.15, 0.2) is 24.3 Å². The van der Waals surface area contributed by atoms with Crippen molar-refractivity contribution in [3.63, 3.8) is 0 Å². The number of carbonyl (C=O) groups is 1. The third kappa shape index (κ3) is 7.94. The molecule has 1 amide bonds. The van der Waals surface area contributed by atoms with Gasteiger partial charge in [0.05, 0.1) is 0 Å². The number of aliphatic hydroxyl groups is 3. The van der Waals surface area contributed by atoms with Crippen LogP contribution in [0.25, 0.3) is 0 Å². The average Bonchev–Trinajstić information content (AvgIpc) is 2.51. The SMILES string of the molecule is CC(=O)Nc1ccc(OCC(O)CN(C)CC(CO)CO)cc1. The summed E-state index contributed by atoms with van der Waals surface area (Å²) in [5, 5.41) is 30.7. The Balaban J connectivity index is 2.34. The summed E-state index contributed by atoms with van der Waals surface area (Å²) >= 11 is 0. The van der Waals surface area contributed by atoms with Crippen molar-refractivity contribution in [2.45, 2.75) is 13.0 Å². The summed E-state index contributed by atoms with van der Waals surface area (Å²) in [6, 6.07) is 6.88. The second-order valence-electron chi connectivity index (χ2n) is 5.62. The number of carbonyl (C=O) groups excluding carboxylic acids is 1. The number of nitrogens with one attached hydrogen (secondary N) is 1. The Labute approximate surface area is 136 Å². The smallest absolute Gasteiger partial charge is 0.221 e. The van der Waals surface area contributed by atoms with Crippen LogP contribution in [0.1, 0.15) is 6.92 Å². The van der Waals surface area contributed by atoms with Gasteiger partial charge < -0.3 is 30.3 Å². The summed E-state index contributed by atoms with van der Waals surface area (Å²) in [6.07, 6.45) is -0.687. The fourth-order valence-electron chi connectivity index (χ4n) is 2.13. The molecular formula is C16H26N2O5. The minimum atomic E-state index is -0.687. The predicted molar refractivity (Wildman–Crippen MR) is 87.4 cm³/mol. The van der Waals surface area contributed by atoms with Crippen LogP contribution < -0.4 is 10.1 Å². The monoisotopic (exact) mass is 326 g/mol. The van der Waals surface area contributed by atoms with Crippen LogP contribution in [0.3, 0.4) is 0 Å². The van der Waals surface area contributed by atoms with E-state index in [0.717, 1.165) is 0 Å². The van der Waals surface area contributed by atoms with Gasteiger partial charge >= 0.3 is 0 Å². The van der Waals surface area contributed by atoms with Crippen molar-refractivity contribution in [2.75, 3.05) is 45.3 Å². The van der Waals surface area contributed by atoms with E-state index in [1.807, 2.05) is 11.9 Å². The van der Waals surface area contributed by atoms with E-state index in [0.29, 0.717) is 24.5 Å². The largest absolute Gasteiger partial charge is 0.491 e. The highest BCUT2D eigenvalue weighted by Gasteiger charge is 2.13. The normalized spacial score (nSPS) is 12.5. The highest BCUT2D eigenvalue weighted by Crippen LogP contribution is 2.15. The summed E-state index contributed by atoms with van der Waals surface area (Å²) < 4.78 is 5.50. The van der Waals surface area contributed by atoms with Crippen LogP contribution in [0.5, 0.6) is 5.75 Å². The minimum absolute atomic E-state index is 0.0892. The Morgan fingerprint density at radius 1 is 1.22 bits per heavy atom. The lowest BCUT2D eigenvalue weighted by Crippen LogP contribution is -2.37. The van der Waals surface area contributed by atoms with E-state index in [9.17, 15) is 9.90 Å². The van der Waals surface area contributed by atoms with Gasteiger partial charge in [0, 0.05) is 44.8 Å². The maximum atomic E-state index is 10.9. The first kappa shape index (κ1) is 19.4. The van der Waals surface area contributed by atoms with E-state index in [1.165, 1.54) is 6.92 Å². The number of nitrogens with zero attached hydrogens (tertiary/aromatic N) is 1. The second-order valence-corrected chi connectivity index (χ2v) is 5.62. The number of hydrogen-bond donors (Lipinski definition) is 4. The van der Waals surface area contributed by atoms with E-state index in [1.54, 1.807) is 24.3 Å². The van der Waals surface area contributed by atoms with Gasteiger partial charge in [0.25, 0.3) is 0 Å². The Bertz CT molecular complexity index is 462. The summed E-state index contributed by atoms with van der Waals surface area (Å²) in [5.74, 6) is 0.250. The molecular weight excluding hydrogens is 300 g/mol. The molecule has 0 aromatic heterocycles. The van der Waals surface area contributed by atoms with Crippen LogP contribution >= 0.6 is 0 Å². The number of aliphatic hydroxyl groups excluding tert-OH is 3. The van der Waals surface area contributed by atoms with Gasteiger partial charge in [-0.15, -0.1) is 0 Å². The maximum absolute atomic E-state index is 10.9. The molecule has 0 aliphatic rings. The molecule has 0 saturated carbocycles. The molecule has 4 N–H and O–H groups in total. The first-order chi connectivity index (χ1) is 10.9. The quantitative estimate of drug-likeness (QED) is 0.480. The van der Waals surface area contributed by atoms with Crippen molar-refractivity contribution < 1.29 is 24.9 Å². The molecule has 0 bridgehead atoms. The number of ether oxygens (including phenoxy) is 1. The fourth-order valence-corrected chi connectivity index (χ4v) is 2.13. The zero-order valence-corrected chi connectivity index (χ0v) is 13.6. The number of benzene rings is 1. The molecule has 1 unspecified atom stereocenters. The molecule has 7 heteroatoms. The van der Waals surface area contributed by atoms with Gasteiger partial charge in [0.15, 0.2) is 0 Å². The van der Waals surface area contributed by atoms with Crippen LogP contribution in [0.2, 0.25) is 0 Å². The molecule has 1 aromatic rings. The Kier molecular flexibility index (Phi) is 8.57. The number of anilines is 1. The zero-order valence-electron chi connectivity index (χ0n) is 13.6. The third-order valence-corrected chi connectivity index (χ3v) is 3.23. The van der Waals surface area contributed by atoms with Gasteiger partial charge in [-0.1, -0.05) is 0 Å². The summed E-state index contributed by atoms with van der Waals surface area (Å²) in [7, 11) is 1.81. The molecule has 1 aromatic carbocycles. The van der Waals surface area contributed by atoms with E-state index in [4.69, 9.17) is 14.9 Å². The van der Waals surface area contributed by atoms with Crippen LogP contribution in [0.4, 0.5) is 5.69 Å². The standard InChI is InChI=1S/C16H26N2O5/c1-12(21)17-14-3-5-16(6-4-14)23-11-15(22)8-18(2)7-13(9-19)10-20/h3-6,13,15,19-20,22H,7-11H2,1-2H3,(H,17,21). The minimum Gasteiger partial charge on any atom is -0.491 e. The number of rotatable bonds is 10. The van der Waals surface area contributed by atoms with Gasteiger partial charge in [0.1, 0.15) is 18.5 Å². The van der Waals surface area contributed by atoms with Gasteiger partial charge in [-0.3, -0.25) is 4.79 Å². The fraction of sp³-hybridized carbons (Fsp3) is 0.562. The van der Waals surface area contributed by atoms with Crippen molar-refractivity contribution in [2.24, 2.45) is 5.92 Å². The molecule has 0 radical (unpaired) electrons. The van der Waals surface area contributed by atoms with Gasteiger partial charge in [-0.25, -0.2) is 0 Å². The molecule has 0 aliphatic heterocycles. The molecule has 1 atom stereocenters. The van der Waals surface area contributed by atoms with Crippen molar-refractivity contribution in [1.82, 2.24) is 4.90 Å². The Hall–Kier alpha value is -1.67. The third-order valence-electron chi connectivity index (χ3n) is 3.23. The van der Waals surface area contributed by atoms with E-state index in [2.05, 4.69) is 5.32 Å². The molecule has 0 fully saturated rings. The van der Waals surface area contributed by atoms with Crippen LogP contribution in [0, 0.1) is 5.92 Å². The molecule has 7 nitrogen and oxygen atoms in total. The molecule has 0 saturated heterocycles. The molecule has 1 rings (SSSR count). The van der Waals surface area contributed by atoms with Crippen LogP contribution in [-0.4, -0.2) is 72.2 Å². The summed E-state index contributed by atoms with van der Waals surface area (Å²) in [5.41, 5.74) is 0.684. The highest BCUT2D eigenvalue weighted by atomic mass is 16.5. The summed E-state index contributed by atoms with van der Waals surface area (Å²) in [4.78, 5) is 12.8. The predicted octanol–water partition coefficient (Wildman–Crippen LogP) is -0.0827. The van der Waals surface area contributed by atoms with E-state index >= 15 is 0 Å². The molecule has 0 heterocycles. The van der Waals surface area contributed by atoms with Crippen LogP contribution in [-0.2, 0) is 4.79 Å². The van der Waals surface area contributed by atoms with Crippen molar-refractivity contribution >= 4 is 11.6 Å².